The van der Waals surface area contributed by atoms with Crippen molar-refractivity contribution in [3.63, 3.8) is 0 Å². The predicted molar refractivity (Wildman–Crippen MR) is 101 cm³/mol. The van der Waals surface area contributed by atoms with Gasteiger partial charge in [-0.2, -0.15) is 0 Å². The Hall–Kier alpha value is -2.06. The number of nitrogens with zero attached hydrogens (tertiary/aromatic N) is 1. The highest BCUT2D eigenvalue weighted by atomic mass is 79.9. The predicted octanol–water partition coefficient (Wildman–Crippen LogP) is 2.92. The maximum absolute atomic E-state index is 12.6. The number of halogens is 1. The van der Waals surface area contributed by atoms with E-state index in [1.54, 1.807) is 30.3 Å². The first-order chi connectivity index (χ1) is 11.8. The van der Waals surface area contributed by atoms with Gasteiger partial charge in [0.05, 0.1) is 24.2 Å². The number of para-hydroxylation sites is 1. The van der Waals surface area contributed by atoms with Crippen molar-refractivity contribution in [2.24, 2.45) is 0 Å². The second kappa shape index (κ2) is 6.68. The molecule has 132 valence electrons. The van der Waals surface area contributed by atoms with E-state index in [4.69, 9.17) is 4.74 Å². The van der Waals surface area contributed by atoms with E-state index < -0.39 is 22.0 Å². The van der Waals surface area contributed by atoms with Crippen LogP contribution in [0.1, 0.15) is 5.56 Å². The first-order valence-electron chi connectivity index (χ1n) is 7.56. The molecule has 0 saturated carbocycles. The third kappa shape index (κ3) is 3.80. The highest BCUT2D eigenvalue weighted by Gasteiger charge is 2.35. The lowest BCUT2D eigenvalue weighted by molar-refractivity contribution is -0.122. The maximum Gasteiger partial charge on any atom is 0.267 e. The summed E-state index contributed by atoms with van der Waals surface area (Å²) >= 11 is 3.36. The fourth-order valence-electron chi connectivity index (χ4n) is 2.59. The molecule has 2 aromatic rings. The topological polar surface area (TPSA) is 75.7 Å². The number of anilines is 2. The van der Waals surface area contributed by atoms with Gasteiger partial charge in [0.1, 0.15) is 5.75 Å². The molecular formula is C17H17BrN2O4S. The minimum atomic E-state index is -3.54. The summed E-state index contributed by atoms with van der Waals surface area (Å²) in [6.07, 6.45) is 0.171. The van der Waals surface area contributed by atoms with E-state index in [0.29, 0.717) is 17.1 Å². The first kappa shape index (κ1) is 17.8. The number of carbonyl (C=O) groups excluding carboxylic acids is 1. The minimum absolute atomic E-state index is 0.0778. The monoisotopic (exact) mass is 424 g/mol. The zero-order chi connectivity index (χ0) is 18.2. The summed E-state index contributed by atoms with van der Waals surface area (Å²) < 4.78 is 32.0. The van der Waals surface area contributed by atoms with E-state index in [2.05, 4.69) is 21.2 Å². The molecule has 0 unspecified atom stereocenters. The molecule has 0 aromatic heterocycles. The van der Waals surface area contributed by atoms with Crippen LogP contribution in [0, 0.1) is 6.92 Å². The number of hydrogen-bond donors (Lipinski definition) is 1. The van der Waals surface area contributed by atoms with Crippen molar-refractivity contribution in [2.45, 2.75) is 13.0 Å². The molecule has 6 nitrogen and oxygen atoms in total. The van der Waals surface area contributed by atoms with Crippen LogP contribution in [0.15, 0.2) is 46.9 Å². The number of aryl methyl sites for hydroxylation is 1. The van der Waals surface area contributed by atoms with Crippen LogP contribution in [0.5, 0.6) is 5.75 Å². The summed E-state index contributed by atoms with van der Waals surface area (Å²) in [6, 6.07) is 12.4. The molecule has 1 aliphatic rings. The van der Waals surface area contributed by atoms with Gasteiger partial charge < -0.3 is 10.1 Å². The summed E-state index contributed by atoms with van der Waals surface area (Å²) in [5.74, 6) is -0.0404. The normalized spacial score (nSPS) is 16.8. The van der Waals surface area contributed by atoms with E-state index in [9.17, 15) is 13.2 Å². The second-order valence-electron chi connectivity index (χ2n) is 5.84. The van der Waals surface area contributed by atoms with Crippen LogP contribution in [-0.2, 0) is 14.8 Å². The molecule has 2 aromatic carbocycles. The minimum Gasteiger partial charge on any atom is -0.476 e. The zero-order valence-corrected chi connectivity index (χ0v) is 16.1. The van der Waals surface area contributed by atoms with Gasteiger partial charge in [0.15, 0.2) is 6.10 Å². The van der Waals surface area contributed by atoms with Crippen molar-refractivity contribution in [3.05, 3.63) is 52.5 Å². The maximum atomic E-state index is 12.6. The lowest BCUT2D eigenvalue weighted by Gasteiger charge is -2.34. The van der Waals surface area contributed by atoms with Crippen molar-refractivity contribution in [3.8, 4) is 5.75 Å². The third-order valence-electron chi connectivity index (χ3n) is 3.81. The summed E-state index contributed by atoms with van der Waals surface area (Å²) in [6.45, 7) is 1.79. The van der Waals surface area contributed by atoms with Gasteiger partial charge in [-0.3, -0.25) is 9.10 Å². The average molecular weight is 425 g/mol. The summed E-state index contributed by atoms with van der Waals surface area (Å²) in [4.78, 5) is 12.6. The Bertz CT molecular complexity index is 930. The number of hydrogen-bond acceptors (Lipinski definition) is 4. The fourth-order valence-corrected chi connectivity index (χ4v) is 3.88. The van der Waals surface area contributed by atoms with Crippen LogP contribution in [0.4, 0.5) is 11.4 Å². The zero-order valence-electron chi connectivity index (χ0n) is 13.7. The van der Waals surface area contributed by atoms with Gasteiger partial charge in [0.2, 0.25) is 10.0 Å². The Morgan fingerprint density at radius 2 is 2.00 bits per heavy atom. The number of carbonyl (C=O) groups is 1. The Morgan fingerprint density at radius 3 is 2.68 bits per heavy atom. The molecule has 0 fully saturated rings. The number of rotatable bonds is 3. The molecule has 0 aliphatic carbocycles. The molecule has 25 heavy (non-hydrogen) atoms. The molecule has 0 spiro atoms. The van der Waals surface area contributed by atoms with Crippen molar-refractivity contribution in [1.29, 1.82) is 0 Å². The molecule has 1 atom stereocenters. The van der Waals surface area contributed by atoms with Gasteiger partial charge >= 0.3 is 0 Å². The van der Waals surface area contributed by atoms with Gasteiger partial charge in [-0.25, -0.2) is 8.42 Å². The van der Waals surface area contributed by atoms with Gasteiger partial charge in [-0.05, 0) is 52.7 Å². The Kier molecular flexibility index (Phi) is 4.75. The van der Waals surface area contributed by atoms with Gasteiger partial charge in [-0.1, -0.05) is 18.2 Å². The lowest BCUT2D eigenvalue weighted by atomic mass is 10.1. The smallest absolute Gasteiger partial charge is 0.267 e. The van der Waals surface area contributed by atoms with Crippen LogP contribution >= 0.6 is 15.9 Å². The van der Waals surface area contributed by atoms with Crippen molar-refractivity contribution < 1.29 is 17.9 Å². The molecule has 1 amide bonds. The quantitative estimate of drug-likeness (QED) is 0.821. The lowest BCUT2D eigenvalue weighted by Crippen LogP contribution is -2.48. The Morgan fingerprint density at radius 1 is 1.28 bits per heavy atom. The van der Waals surface area contributed by atoms with Gasteiger partial charge in [0.25, 0.3) is 5.91 Å². The number of ether oxygens (including phenoxy) is 1. The Labute approximate surface area is 155 Å². The molecule has 0 bridgehead atoms. The van der Waals surface area contributed by atoms with Gasteiger partial charge in [0, 0.05) is 4.47 Å². The summed E-state index contributed by atoms with van der Waals surface area (Å²) in [5, 5.41) is 2.76. The molecular weight excluding hydrogens is 408 g/mol. The van der Waals surface area contributed by atoms with E-state index in [0.717, 1.165) is 16.3 Å². The molecule has 1 N–H and O–H groups in total. The summed E-state index contributed by atoms with van der Waals surface area (Å²) in [5.41, 5.74) is 1.95. The van der Waals surface area contributed by atoms with Crippen LogP contribution in [-0.4, -0.2) is 33.2 Å². The first-order valence-corrected chi connectivity index (χ1v) is 10.2. The van der Waals surface area contributed by atoms with Crippen LogP contribution < -0.4 is 14.4 Å². The SMILES string of the molecule is Cc1ccc2c(c1)N(S(C)(=O)=O)C[C@H](C(=O)Nc1ccccc1Br)O2. The molecule has 1 heterocycles. The van der Waals surface area contributed by atoms with E-state index >= 15 is 0 Å². The molecule has 0 saturated heterocycles. The van der Waals surface area contributed by atoms with E-state index in [-0.39, 0.29) is 6.54 Å². The van der Waals surface area contributed by atoms with E-state index in [1.165, 1.54) is 4.31 Å². The second-order valence-corrected chi connectivity index (χ2v) is 8.60. The number of sulfonamides is 1. The number of fused-ring (bicyclic) bond motifs is 1. The molecule has 3 rings (SSSR count). The largest absolute Gasteiger partial charge is 0.476 e. The number of benzene rings is 2. The van der Waals surface area contributed by atoms with E-state index in [1.807, 2.05) is 19.1 Å². The van der Waals surface area contributed by atoms with Crippen molar-refractivity contribution >= 4 is 43.2 Å². The fraction of sp³-hybridized carbons (Fsp3) is 0.235. The van der Waals surface area contributed by atoms with Crippen LogP contribution in [0.25, 0.3) is 0 Å². The standard InChI is InChI=1S/C17H17BrN2O4S/c1-11-7-8-15-14(9-11)20(25(2,22)23)10-16(24-15)17(21)19-13-6-4-3-5-12(13)18/h3-9,16H,10H2,1-2H3,(H,19,21)/t16-/m1/s1. The van der Waals surface area contributed by atoms with Crippen molar-refractivity contribution in [1.82, 2.24) is 0 Å². The highest BCUT2D eigenvalue weighted by molar-refractivity contribution is 9.10. The highest BCUT2D eigenvalue weighted by Crippen LogP contribution is 2.36. The summed E-state index contributed by atoms with van der Waals surface area (Å²) in [7, 11) is -3.54. The number of amides is 1. The average Bonchev–Trinajstić information content (AvgIpc) is 2.55. The Balaban J connectivity index is 1.90. The van der Waals surface area contributed by atoms with Crippen LogP contribution in [0.2, 0.25) is 0 Å². The number of nitrogens with one attached hydrogen (secondary N) is 1. The molecule has 0 radical (unpaired) electrons. The van der Waals surface area contributed by atoms with Crippen LogP contribution in [0.3, 0.4) is 0 Å². The van der Waals surface area contributed by atoms with Gasteiger partial charge in [-0.15, -0.1) is 0 Å². The molecule has 1 aliphatic heterocycles. The van der Waals surface area contributed by atoms with Crippen molar-refractivity contribution in [2.75, 3.05) is 22.4 Å². The third-order valence-corrected chi connectivity index (χ3v) is 5.65. The molecule has 8 heteroatoms.